The van der Waals surface area contributed by atoms with Gasteiger partial charge in [0.1, 0.15) is 0 Å². The van der Waals surface area contributed by atoms with E-state index in [2.05, 4.69) is 16.1 Å². The molecule has 4 heteroatoms. The molecule has 0 spiro atoms. The van der Waals surface area contributed by atoms with Crippen molar-refractivity contribution < 1.29 is 19.1 Å². The highest BCUT2D eigenvalue weighted by Crippen LogP contribution is 2.09. The van der Waals surface area contributed by atoms with E-state index in [0.717, 1.165) is 12.2 Å². The first kappa shape index (κ1) is 9.25. The molecule has 0 aromatic heterocycles. The average molecular weight is 180 g/mol. The third kappa shape index (κ3) is 2.94. The molecule has 0 bridgehead atoms. The van der Waals surface area contributed by atoms with Crippen molar-refractivity contribution in [1.29, 1.82) is 0 Å². The molecule has 13 heavy (non-hydrogen) atoms. The second kappa shape index (κ2) is 3.71. The van der Waals surface area contributed by atoms with E-state index >= 15 is 0 Å². The number of rotatable bonds is 1. The summed E-state index contributed by atoms with van der Waals surface area (Å²) in [4.78, 5) is 21.6. The normalized spacial score (nSPS) is 15.9. The molecule has 0 atom stereocenters. The summed E-state index contributed by atoms with van der Waals surface area (Å²) in [5.74, 6) is -1.43. The van der Waals surface area contributed by atoms with Gasteiger partial charge in [0.2, 0.25) is 0 Å². The average Bonchev–Trinajstić information content (AvgIpc) is 2.11. The summed E-state index contributed by atoms with van der Waals surface area (Å²) in [5.41, 5.74) is 0.623. The van der Waals surface area contributed by atoms with Crippen LogP contribution in [0.1, 0.15) is 6.92 Å². The van der Waals surface area contributed by atoms with Crippen LogP contribution in [0.5, 0.6) is 0 Å². The van der Waals surface area contributed by atoms with E-state index in [4.69, 9.17) is 0 Å². The maximum atomic E-state index is 10.8. The number of allylic oxidation sites excluding steroid dienone is 2. The largest absolute Gasteiger partial charge is 0.389 e. The predicted molar refractivity (Wildman–Crippen MR) is 44.2 cm³/mol. The third-order valence-corrected chi connectivity index (χ3v) is 1.12. The van der Waals surface area contributed by atoms with Crippen molar-refractivity contribution in [3.05, 3.63) is 36.3 Å². The lowest BCUT2D eigenvalue weighted by molar-refractivity contribution is -0.145. The van der Waals surface area contributed by atoms with Crippen molar-refractivity contribution in [2.45, 2.75) is 6.92 Å². The molecule has 0 saturated carbocycles. The summed E-state index contributed by atoms with van der Waals surface area (Å²) < 4.78 is 9.25. The number of carbonyl (C=O) groups is 2. The van der Waals surface area contributed by atoms with E-state index in [1.807, 2.05) is 0 Å². The van der Waals surface area contributed by atoms with E-state index in [1.54, 1.807) is 6.92 Å². The maximum absolute atomic E-state index is 10.8. The molecule has 1 aliphatic rings. The van der Waals surface area contributed by atoms with Crippen molar-refractivity contribution in [1.82, 2.24) is 0 Å². The minimum Gasteiger partial charge on any atom is -0.389 e. The van der Waals surface area contributed by atoms with E-state index < -0.39 is 11.9 Å². The van der Waals surface area contributed by atoms with E-state index in [9.17, 15) is 9.59 Å². The molecule has 1 rings (SSSR count). The zero-order valence-corrected chi connectivity index (χ0v) is 7.07. The van der Waals surface area contributed by atoms with Crippen LogP contribution < -0.4 is 0 Å². The fourth-order valence-electron chi connectivity index (χ4n) is 0.683. The van der Waals surface area contributed by atoms with Crippen LogP contribution in [0.3, 0.4) is 0 Å². The van der Waals surface area contributed by atoms with Crippen LogP contribution >= 0.6 is 0 Å². The summed E-state index contributed by atoms with van der Waals surface area (Å²) in [6.07, 6.45) is 3.37. The minimum absolute atomic E-state index is 0.146. The van der Waals surface area contributed by atoms with Gasteiger partial charge in [-0.05, 0) is 6.92 Å². The van der Waals surface area contributed by atoms with Gasteiger partial charge in [-0.15, -0.1) is 0 Å². The van der Waals surface area contributed by atoms with Crippen LogP contribution in [0.2, 0.25) is 0 Å². The Morgan fingerprint density at radius 2 is 1.77 bits per heavy atom. The van der Waals surface area contributed by atoms with Gasteiger partial charge in [0.05, 0.1) is 0 Å². The smallest absolute Gasteiger partial charge is 0.338 e. The van der Waals surface area contributed by atoms with Crippen LogP contribution in [0.25, 0.3) is 0 Å². The lowest BCUT2D eigenvalue weighted by Gasteiger charge is -2.02. The van der Waals surface area contributed by atoms with E-state index in [-0.39, 0.29) is 5.95 Å². The number of cyclic esters (lactones) is 2. The quantitative estimate of drug-likeness (QED) is 0.566. The Kier molecular flexibility index (Phi) is 2.64. The second-order valence-corrected chi connectivity index (χ2v) is 2.49. The third-order valence-electron chi connectivity index (χ3n) is 1.12. The molecular formula is C9H8O4. The Morgan fingerprint density at radius 1 is 1.31 bits per heavy atom. The lowest BCUT2D eigenvalue weighted by Crippen LogP contribution is -2.03. The molecule has 68 valence electrons. The molecule has 0 amide bonds. The van der Waals surface area contributed by atoms with E-state index in [0.29, 0.717) is 5.57 Å². The van der Waals surface area contributed by atoms with Gasteiger partial charge in [-0.25, -0.2) is 9.59 Å². The fraction of sp³-hybridized carbons (Fsp3) is 0.111. The molecule has 0 aromatic carbocycles. The highest BCUT2D eigenvalue weighted by atomic mass is 16.7. The topological polar surface area (TPSA) is 52.6 Å². The van der Waals surface area contributed by atoms with Crippen LogP contribution in [0.15, 0.2) is 36.3 Å². The van der Waals surface area contributed by atoms with Crippen molar-refractivity contribution in [2.75, 3.05) is 0 Å². The first-order valence-electron chi connectivity index (χ1n) is 3.57. The fourth-order valence-corrected chi connectivity index (χ4v) is 0.683. The van der Waals surface area contributed by atoms with Gasteiger partial charge in [0, 0.05) is 18.2 Å². The Labute approximate surface area is 75.1 Å². The van der Waals surface area contributed by atoms with E-state index in [1.165, 1.54) is 6.08 Å². The Balaban J connectivity index is 2.85. The summed E-state index contributed by atoms with van der Waals surface area (Å²) in [6.45, 7) is 5.24. The first-order chi connectivity index (χ1) is 6.08. The molecule has 0 saturated heterocycles. The van der Waals surface area contributed by atoms with Crippen LogP contribution in [0.4, 0.5) is 0 Å². The monoisotopic (exact) mass is 180 g/mol. The van der Waals surface area contributed by atoms with Gasteiger partial charge in [0.15, 0.2) is 0 Å². The standard InChI is InChI=1S/C9H8O4/c1-6(2)5-9-12-7(10)3-4-8(11)13-9/h3-5H,1H2,2H3. The Bertz CT molecular complexity index is 301. The highest BCUT2D eigenvalue weighted by molar-refractivity contribution is 5.93. The molecule has 1 aliphatic heterocycles. The van der Waals surface area contributed by atoms with Gasteiger partial charge in [-0.1, -0.05) is 12.2 Å². The van der Waals surface area contributed by atoms with Gasteiger partial charge >= 0.3 is 11.9 Å². The molecule has 0 aliphatic carbocycles. The van der Waals surface area contributed by atoms with Crippen molar-refractivity contribution in [3.63, 3.8) is 0 Å². The maximum Gasteiger partial charge on any atom is 0.338 e. The molecule has 0 radical (unpaired) electrons. The zero-order valence-electron chi connectivity index (χ0n) is 7.07. The molecule has 0 fully saturated rings. The zero-order chi connectivity index (χ0) is 9.84. The Hall–Kier alpha value is -1.84. The Morgan fingerprint density at radius 3 is 2.15 bits per heavy atom. The summed E-state index contributed by atoms with van der Waals surface area (Å²) in [6, 6.07) is 0. The number of hydrogen-bond donors (Lipinski definition) is 0. The van der Waals surface area contributed by atoms with Gasteiger partial charge in [-0.2, -0.15) is 0 Å². The first-order valence-corrected chi connectivity index (χ1v) is 3.57. The molecule has 0 aromatic rings. The van der Waals surface area contributed by atoms with Crippen molar-refractivity contribution in [2.24, 2.45) is 0 Å². The van der Waals surface area contributed by atoms with Gasteiger partial charge in [0.25, 0.3) is 5.95 Å². The summed E-state index contributed by atoms with van der Waals surface area (Å²) in [5, 5.41) is 0. The van der Waals surface area contributed by atoms with Crippen LogP contribution in [0, 0.1) is 0 Å². The van der Waals surface area contributed by atoms with Crippen LogP contribution in [-0.4, -0.2) is 11.9 Å². The minimum atomic E-state index is -0.640. The summed E-state index contributed by atoms with van der Waals surface area (Å²) in [7, 11) is 0. The molecule has 1 heterocycles. The van der Waals surface area contributed by atoms with Crippen molar-refractivity contribution in [3.8, 4) is 0 Å². The number of hydrogen-bond acceptors (Lipinski definition) is 4. The van der Waals surface area contributed by atoms with Crippen molar-refractivity contribution >= 4 is 11.9 Å². The predicted octanol–water partition coefficient (Wildman–Crippen LogP) is 1.06. The SMILES string of the molecule is C=C(C)C=C1OC(=O)C=CC(=O)O1. The number of carbonyl (C=O) groups excluding carboxylic acids is 2. The van der Waals surface area contributed by atoms with Gasteiger partial charge < -0.3 is 9.47 Å². The van der Waals surface area contributed by atoms with Crippen LogP contribution in [-0.2, 0) is 19.1 Å². The second-order valence-electron chi connectivity index (χ2n) is 2.49. The molecule has 4 nitrogen and oxygen atoms in total. The number of esters is 2. The summed E-state index contributed by atoms with van der Waals surface area (Å²) >= 11 is 0. The number of ether oxygens (including phenoxy) is 2. The molecule has 0 N–H and O–H groups in total. The lowest BCUT2D eigenvalue weighted by atomic mass is 10.3. The molecule has 0 unspecified atom stereocenters. The van der Waals surface area contributed by atoms with Gasteiger partial charge in [-0.3, -0.25) is 0 Å². The highest BCUT2D eigenvalue weighted by Gasteiger charge is 2.13. The molecular weight excluding hydrogens is 172 g/mol.